The largest absolute Gasteiger partial charge is 0.402 e. The van der Waals surface area contributed by atoms with Crippen molar-refractivity contribution in [2.45, 2.75) is 0 Å². The minimum Gasteiger partial charge on any atom is -0.402 e. The van der Waals surface area contributed by atoms with E-state index in [1.165, 1.54) is 23.5 Å². The van der Waals surface area contributed by atoms with Crippen LogP contribution in [0.25, 0.3) is 6.08 Å². The van der Waals surface area contributed by atoms with E-state index >= 15 is 0 Å². The molecule has 0 unspecified atom stereocenters. The molecule has 0 spiro atoms. The molecule has 1 aromatic carbocycles. The van der Waals surface area contributed by atoms with E-state index in [1.807, 2.05) is 16.8 Å². The number of carbonyl (C=O) groups excluding carboxylic acids is 1. The maximum absolute atomic E-state index is 13.6. The van der Waals surface area contributed by atoms with Crippen molar-refractivity contribution >= 4 is 29.3 Å². The van der Waals surface area contributed by atoms with Crippen molar-refractivity contribution in [3.63, 3.8) is 0 Å². The van der Waals surface area contributed by atoms with Crippen molar-refractivity contribution < 1.29 is 13.9 Å². The number of carbonyl (C=O) groups is 1. The number of hydrogen-bond donors (Lipinski definition) is 0. The Labute approximate surface area is 112 Å². The summed E-state index contributed by atoms with van der Waals surface area (Å²) in [5.41, 5.74) is 1.23. The fourth-order valence-electron chi connectivity index (χ4n) is 1.67. The molecule has 94 valence electrons. The van der Waals surface area contributed by atoms with Crippen molar-refractivity contribution in [2.24, 2.45) is 4.99 Å². The molecule has 1 aromatic heterocycles. The van der Waals surface area contributed by atoms with Crippen LogP contribution in [-0.4, -0.2) is 11.9 Å². The van der Waals surface area contributed by atoms with Crippen LogP contribution in [0.1, 0.15) is 11.1 Å². The molecular weight excluding hydrogens is 265 g/mol. The molecule has 3 rings (SSSR count). The Morgan fingerprint density at radius 1 is 1.26 bits per heavy atom. The number of esters is 1. The van der Waals surface area contributed by atoms with Crippen LogP contribution in [0.2, 0.25) is 0 Å². The van der Waals surface area contributed by atoms with Gasteiger partial charge in [-0.15, -0.1) is 0 Å². The maximum atomic E-state index is 13.6. The van der Waals surface area contributed by atoms with Gasteiger partial charge in [-0.05, 0) is 40.6 Å². The fourth-order valence-corrected chi connectivity index (χ4v) is 2.29. The summed E-state index contributed by atoms with van der Waals surface area (Å²) in [5, 5.41) is 3.78. The normalized spacial score (nSPS) is 16.6. The van der Waals surface area contributed by atoms with Gasteiger partial charge in [-0.25, -0.2) is 14.2 Å². The lowest BCUT2D eigenvalue weighted by atomic mass is 10.2. The first-order chi connectivity index (χ1) is 9.24. The maximum Gasteiger partial charge on any atom is 0.363 e. The minimum atomic E-state index is -0.565. The lowest BCUT2D eigenvalue weighted by Crippen LogP contribution is -2.07. The third-order valence-corrected chi connectivity index (χ3v) is 3.27. The van der Waals surface area contributed by atoms with Crippen LogP contribution < -0.4 is 0 Å². The summed E-state index contributed by atoms with van der Waals surface area (Å²) in [6, 6.07) is 7.91. The highest BCUT2D eigenvalue weighted by Crippen LogP contribution is 2.21. The monoisotopic (exact) mass is 273 g/mol. The van der Waals surface area contributed by atoms with Crippen molar-refractivity contribution in [3.05, 3.63) is 63.7 Å². The van der Waals surface area contributed by atoms with Crippen LogP contribution in [0.5, 0.6) is 0 Å². The number of cyclic esters (lactones) is 1. The number of hydrogen-bond acceptors (Lipinski definition) is 4. The molecule has 5 heteroatoms. The molecule has 0 amide bonds. The molecule has 0 radical (unpaired) electrons. The summed E-state index contributed by atoms with van der Waals surface area (Å²) < 4.78 is 18.6. The lowest BCUT2D eigenvalue weighted by molar-refractivity contribution is -0.129. The van der Waals surface area contributed by atoms with E-state index in [-0.39, 0.29) is 17.2 Å². The smallest absolute Gasteiger partial charge is 0.363 e. The molecule has 0 bridgehead atoms. The second kappa shape index (κ2) is 4.78. The molecule has 2 aromatic rings. The quantitative estimate of drug-likeness (QED) is 0.622. The molecule has 0 saturated carbocycles. The van der Waals surface area contributed by atoms with Crippen molar-refractivity contribution in [2.75, 3.05) is 0 Å². The zero-order chi connectivity index (χ0) is 13.2. The molecule has 0 aliphatic carbocycles. The van der Waals surface area contributed by atoms with Gasteiger partial charge in [0, 0.05) is 0 Å². The van der Waals surface area contributed by atoms with E-state index in [1.54, 1.807) is 18.2 Å². The van der Waals surface area contributed by atoms with Crippen molar-refractivity contribution in [1.82, 2.24) is 0 Å². The first kappa shape index (κ1) is 11.8. The molecule has 2 heterocycles. The summed E-state index contributed by atoms with van der Waals surface area (Å²) in [6.45, 7) is 0. The molecule has 0 fully saturated rings. The average molecular weight is 273 g/mol. The number of aliphatic imine (C=N–C) groups is 1. The zero-order valence-corrected chi connectivity index (χ0v) is 10.5. The highest BCUT2D eigenvalue weighted by molar-refractivity contribution is 7.08. The fraction of sp³-hybridized carbons (Fsp3) is 0. The summed E-state index contributed by atoms with van der Waals surface area (Å²) >= 11 is 1.52. The molecule has 0 saturated heterocycles. The molecule has 3 nitrogen and oxygen atoms in total. The van der Waals surface area contributed by atoms with Gasteiger partial charge >= 0.3 is 5.97 Å². The van der Waals surface area contributed by atoms with Crippen molar-refractivity contribution in [3.8, 4) is 0 Å². The molecule has 1 aliphatic heterocycles. The Balaban J connectivity index is 1.98. The Morgan fingerprint density at radius 3 is 2.84 bits per heavy atom. The number of rotatable bonds is 2. The lowest BCUT2D eigenvalue weighted by Gasteiger charge is -1.99. The Morgan fingerprint density at radius 2 is 2.11 bits per heavy atom. The van der Waals surface area contributed by atoms with Gasteiger partial charge in [-0.1, -0.05) is 12.1 Å². The van der Waals surface area contributed by atoms with Crippen LogP contribution in [0.4, 0.5) is 4.39 Å². The minimum absolute atomic E-state index is 0.00424. The van der Waals surface area contributed by atoms with E-state index in [4.69, 9.17) is 4.74 Å². The van der Waals surface area contributed by atoms with Gasteiger partial charge in [-0.3, -0.25) is 0 Å². The third-order valence-electron chi connectivity index (χ3n) is 2.57. The van der Waals surface area contributed by atoms with Gasteiger partial charge in [0.2, 0.25) is 5.90 Å². The van der Waals surface area contributed by atoms with Crippen LogP contribution in [0.3, 0.4) is 0 Å². The van der Waals surface area contributed by atoms with Gasteiger partial charge in [-0.2, -0.15) is 11.3 Å². The molecule has 19 heavy (non-hydrogen) atoms. The van der Waals surface area contributed by atoms with Gasteiger partial charge in [0.05, 0.1) is 5.56 Å². The van der Waals surface area contributed by atoms with Gasteiger partial charge in [0.1, 0.15) is 5.82 Å². The van der Waals surface area contributed by atoms with Crippen LogP contribution >= 0.6 is 11.3 Å². The summed E-state index contributed by atoms with van der Waals surface area (Å²) in [5.74, 6) is -1.03. The first-order valence-corrected chi connectivity index (χ1v) is 6.48. The predicted octanol–water partition coefficient (Wildman–Crippen LogP) is 3.23. The Bertz CT molecular complexity index is 689. The topological polar surface area (TPSA) is 38.7 Å². The van der Waals surface area contributed by atoms with E-state index in [2.05, 4.69) is 4.99 Å². The number of thiophene rings is 1. The molecule has 1 aliphatic rings. The number of ether oxygens (including phenoxy) is 1. The molecule has 0 N–H and O–H groups in total. The summed E-state index contributed by atoms with van der Waals surface area (Å²) in [7, 11) is 0. The van der Waals surface area contributed by atoms with Gasteiger partial charge < -0.3 is 4.74 Å². The zero-order valence-electron chi connectivity index (χ0n) is 9.67. The van der Waals surface area contributed by atoms with Gasteiger partial charge in [0.15, 0.2) is 5.70 Å². The van der Waals surface area contributed by atoms with E-state index in [9.17, 15) is 9.18 Å². The molecular formula is C14H8FNO2S. The standard InChI is InChI=1S/C14H8FNO2S/c15-11-4-2-1-3-10(11)13-16-12(14(17)18-13)7-9-5-6-19-8-9/h1-8H/b12-7+. The molecule has 0 atom stereocenters. The third kappa shape index (κ3) is 2.32. The number of benzene rings is 1. The van der Waals surface area contributed by atoms with E-state index in [0.29, 0.717) is 0 Å². The Kier molecular flexibility index (Phi) is 2.97. The highest BCUT2D eigenvalue weighted by Gasteiger charge is 2.25. The van der Waals surface area contributed by atoms with Crippen LogP contribution in [0, 0.1) is 5.82 Å². The predicted molar refractivity (Wildman–Crippen MR) is 71.3 cm³/mol. The second-order valence-electron chi connectivity index (χ2n) is 3.87. The number of halogens is 1. The SMILES string of the molecule is O=C1OC(c2ccccc2F)=N/C1=C/c1ccsc1. The van der Waals surface area contributed by atoms with E-state index < -0.39 is 11.8 Å². The van der Waals surface area contributed by atoms with Gasteiger partial charge in [0.25, 0.3) is 0 Å². The van der Waals surface area contributed by atoms with Crippen LogP contribution in [0.15, 0.2) is 51.8 Å². The van der Waals surface area contributed by atoms with E-state index in [0.717, 1.165) is 5.56 Å². The first-order valence-electron chi connectivity index (χ1n) is 5.54. The second-order valence-corrected chi connectivity index (χ2v) is 4.65. The highest BCUT2D eigenvalue weighted by atomic mass is 32.1. The Hall–Kier alpha value is -2.27. The number of nitrogens with zero attached hydrogens (tertiary/aromatic N) is 1. The summed E-state index contributed by atoms with van der Waals surface area (Å²) in [4.78, 5) is 15.7. The summed E-state index contributed by atoms with van der Waals surface area (Å²) in [6.07, 6.45) is 1.62. The average Bonchev–Trinajstić information content (AvgIpc) is 3.02. The van der Waals surface area contributed by atoms with Crippen molar-refractivity contribution in [1.29, 1.82) is 0 Å². The van der Waals surface area contributed by atoms with Crippen LogP contribution in [-0.2, 0) is 9.53 Å².